The molecule has 1 saturated heterocycles. The Morgan fingerprint density at radius 3 is 2.50 bits per heavy atom. The van der Waals surface area contributed by atoms with E-state index in [1.54, 1.807) is 0 Å². The van der Waals surface area contributed by atoms with Crippen LogP contribution >= 0.6 is 0 Å². The molecule has 140 valence electrons. The fourth-order valence-electron chi connectivity index (χ4n) is 3.18. The number of carbonyl (C=O) groups is 1. The number of rotatable bonds is 14. The minimum atomic E-state index is -0.723. The van der Waals surface area contributed by atoms with Gasteiger partial charge in [-0.05, 0) is 32.1 Å². The van der Waals surface area contributed by atoms with Crippen molar-refractivity contribution in [2.24, 2.45) is 5.92 Å². The van der Waals surface area contributed by atoms with E-state index in [1.165, 1.54) is 0 Å². The summed E-state index contributed by atoms with van der Waals surface area (Å²) in [4.78, 5) is 10.5. The van der Waals surface area contributed by atoms with E-state index in [0.717, 1.165) is 64.2 Å². The molecule has 1 aliphatic rings. The van der Waals surface area contributed by atoms with E-state index in [4.69, 9.17) is 14.9 Å². The third kappa shape index (κ3) is 9.40. The average molecular weight is 342 g/mol. The summed E-state index contributed by atoms with van der Waals surface area (Å²) in [6.45, 7) is 0.689. The monoisotopic (exact) mass is 342 g/mol. The number of aliphatic hydroxyl groups is 2. The fourth-order valence-corrected chi connectivity index (χ4v) is 3.18. The summed E-state index contributed by atoms with van der Waals surface area (Å²) in [7, 11) is 0. The van der Waals surface area contributed by atoms with E-state index < -0.39 is 12.1 Å². The lowest BCUT2D eigenvalue weighted by molar-refractivity contribution is -0.137. The van der Waals surface area contributed by atoms with Crippen LogP contribution < -0.4 is 0 Å². The van der Waals surface area contributed by atoms with E-state index in [2.05, 4.69) is 12.2 Å². The number of aliphatic hydroxyl groups excluding tert-OH is 2. The van der Waals surface area contributed by atoms with Crippen molar-refractivity contribution in [3.63, 3.8) is 0 Å². The molecule has 1 heterocycles. The molecular weight excluding hydrogens is 308 g/mol. The van der Waals surface area contributed by atoms with Crippen molar-refractivity contribution in [1.82, 2.24) is 0 Å². The lowest BCUT2D eigenvalue weighted by Gasteiger charge is -2.17. The van der Waals surface area contributed by atoms with Crippen molar-refractivity contribution in [1.29, 1.82) is 0 Å². The Hall–Kier alpha value is -0.910. The Morgan fingerprint density at radius 1 is 1.04 bits per heavy atom. The molecule has 1 fully saturated rings. The Kier molecular flexibility index (Phi) is 11.8. The summed E-state index contributed by atoms with van der Waals surface area (Å²) in [5.41, 5.74) is 0. The fraction of sp³-hybridized carbons (Fsp3) is 0.842. The number of ether oxygens (including phenoxy) is 1. The lowest BCUT2D eigenvalue weighted by Crippen LogP contribution is -2.22. The third-order valence-electron chi connectivity index (χ3n) is 4.62. The van der Waals surface area contributed by atoms with Gasteiger partial charge in [0.2, 0.25) is 0 Å². The molecule has 0 saturated carbocycles. The van der Waals surface area contributed by atoms with Gasteiger partial charge in [-0.3, -0.25) is 4.79 Å². The van der Waals surface area contributed by atoms with E-state index in [9.17, 15) is 9.90 Å². The number of carboxylic acid groups (broad SMARTS) is 1. The van der Waals surface area contributed by atoms with Gasteiger partial charge in [-0.25, -0.2) is 0 Å². The summed E-state index contributed by atoms with van der Waals surface area (Å²) in [6, 6.07) is 0. The molecule has 0 radical (unpaired) electrons. The quantitative estimate of drug-likeness (QED) is 0.333. The summed E-state index contributed by atoms with van der Waals surface area (Å²) in [6.07, 6.45) is 14.1. The van der Waals surface area contributed by atoms with Gasteiger partial charge in [-0.2, -0.15) is 0 Å². The zero-order chi connectivity index (χ0) is 17.6. The van der Waals surface area contributed by atoms with Gasteiger partial charge >= 0.3 is 5.97 Å². The molecule has 3 N–H and O–H groups in total. The molecule has 5 heteroatoms. The molecule has 3 atom stereocenters. The van der Waals surface area contributed by atoms with Crippen molar-refractivity contribution in [3.05, 3.63) is 12.2 Å². The predicted molar refractivity (Wildman–Crippen MR) is 93.9 cm³/mol. The van der Waals surface area contributed by atoms with Crippen molar-refractivity contribution in [2.45, 2.75) is 82.8 Å². The summed E-state index contributed by atoms with van der Waals surface area (Å²) >= 11 is 0. The van der Waals surface area contributed by atoms with E-state index in [1.807, 2.05) is 0 Å². The molecule has 5 nitrogen and oxygen atoms in total. The zero-order valence-corrected chi connectivity index (χ0v) is 14.7. The number of hydrogen-bond acceptors (Lipinski definition) is 4. The minimum absolute atomic E-state index is 0.0847. The van der Waals surface area contributed by atoms with Crippen LogP contribution in [0.25, 0.3) is 0 Å². The number of carboxylic acids is 1. The van der Waals surface area contributed by atoms with Gasteiger partial charge in [-0.15, -0.1) is 0 Å². The highest BCUT2D eigenvalue weighted by molar-refractivity contribution is 5.66. The van der Waals surface area contributed by atoms with Gasteiger partial charge in [0, 0.05) is 18.9 Å². The van der Waals surface area contributed by atoms with E-state index >= 15 is 0 Å². The van der Waals surface area contributed by atoms with E-state index in [-0.39, 0.29) is 25.0 Å². The largest absolute Gasteiger partial charge is 0.481 e. The van der Waals surface area contributed by atoms with Gasteiger partial charge in [0.05, 0.1) is 18.8 Å². The maximum atomic E-state index is 10.5. The van der Waals surface area contributed by atoms with Crippen LogP contribution in [0.1, 0.15) is 70.6 Å². The zero-order valence-electron chi connectivity index (χ0n) is 14.7. The maximum absolute atomic E-state index is 10.5. The summed E-state index contributed by atoms with van der Waals surface area (Å²) in [5.74, 6) is -0.639. The van der Waals surface area contributed by atoms with Crippen LogP contribution in [0.4, 0.5) is 0 Å². The van der Waals surface area contributed by atoms with Crippen molar-refractivity contribution >= 4 is 5.97 Å². The topological polar surface area (TPSA) is 87.0 Å². The highest BCUT2D eigenvalue weighted by Gasteiger charge is 2.33. The predicted octanol–water partition coefficient (Wildman–Crippen LogP) is 3.29. The van der Waals surface area contributed by atoms with Crippen LogP contribution in [0.3, 0.4) is 0 Å². The second-order valence-electron chi connectivity index (χ2n) is 6.72. The standard InChI is InChI=1S/C19H34O5/c20-14-10-6-2-1-3-7-11-16-17(21)15-24-18(16)12-8-4-5-9-13-19(22)23/h7,11,16-18,20-21H,1-6,8-10,12-15H2,(H,22,23)/t16-,17-,18-/m0/s1. The molecule has 0 aromatic rings. The average Bonchev–Trinajstić information content (AvgIpc) is 2.90. The van der Waals surface area contributed by atoms with Gasteiger partial charge in [0.1, 0.15) is 0 Å². The van der Waals surface area contributed by atoms with Gasteiger partial charge in [-0.1, -0.05) is 44.3 Å². The Morgan fingerprint density at radius 2 is 1.75 bits per heavy atom. The van der Waals surface area contributed by atoms with Crippen molar-refractivity contribution < 1.29 is 24.9 Å². The first kappa shape index (κ1) is 21.1. The molecule has 1 rings (SSSR count). The lowest BCUT2D eigenvalue weighted by atomic mass is 9.93. The molecule has 24 heavy (non-hydrogen) atoms. The van der Waals surface area contributed by atoms with Gasteiger partial charge in [0.25, 0.3) is 0 Å². The SMILES string of the molecule is O=C(O)CCCCCC[C@@H]1OC[C@H](O)[C@@H]1C=CCCCCCCO. The normalized spacial score (nSPS) is 24.0. The molecule has 0 aromatic heterocycles. The van der Waals surface area contributed by atoms with Crippen LogP contribution in [0, 0.1) is 5.92 Å². The highest BCUT2D eigenvalue weighted by Crippen LogP contribution is 2.27. The van der Waals surface area contributed by atoms with Crippen LogP contribution in [0.5, 0.6) is 0 Å². The van der Waals surface area contributed by atoms with E-state index in [0.29, 0.717) is 6.61 Å². The molecule has 0 unspecified atom stereocenters. The molecule has 0 spiro atoms. The molecule has 0 aliphatic carbocycles. The number of aliphatic carboxylic acids is 1. The summed E-state index contributed by atoms with van der Waals surface area (Å²) < 4.78 is 5.71. The van der Waals surface area contributed by atoms with Crippen LogP contribution in [0.15, 0.2) is 12.2 Å². The molecule has 1 aliphatic heterocycles. The number of unbranched alkanes of at least 4 members (excludes halogenated alkanes) is 7. The first-order valence-corrected chi connectivity index (χ1v) is 9.44. The number of hydrogen-bond donors (Lipinski definition) is 3. The second-order valence-corrected chi connectivity index (χ2v) is 6.72. The van der Waals surface area contributed by atoms with Crippen LogP contribution in [-0.4, -0.2) is 46.7 Å². The smallest absolute Gasteiger partial charge is 0.303 e. The van der Waals surface area contributed by atoms with Crippen molar-refractivity contribution in [2.75, 3.05) is 13.2 Å². The molecule has 0 bridgehead atoms. The Bertz CT molecular complexity index is 356. The van der Waals surface area contributed by atoms with Crippen LogP contribution in [0.2, 0.25) is 0 Å². The van der Waals surface area contributed by atoms with Crippen LogP contribution in [-0.2, 0) is 9.53 Å². The second kappa shape index (κ2) is 13.4. The third-order valence-corrected chi connectivity index (χ3v) is 4.62. The molecule has 0 aromatic carbocycles. The first-order valence-electron chi connectivity index (χ1n) is 9.44. The van der Waals surface area contributed by atoms with Crippen molar-refractivity contribution in [3.8, 4) is 0 Å². The number of allylic oxidation sites excluding steroid dienone is 1. The first-order chi connectivity index (χ1) is 11.6. The minimum Gasteiger partial charge on any atom is -0.481 e. The summed E-state index contributed by atoms with van der Waals surface area (Å²) in [5, 5.41) is 27.4. The highest BCUT2D eigenvalue weighted by atomic mass is 16.5. The van der Waals surface area contributed by atoms with Gasteiger partial charge < -0.3 is 20.1 Å². The molecule has 0 amide bonds. The molecular formula is C19H34O5. The van der Waals surface area contributed by atoms with Gasteiger partial charge in [0.15, 0.2) is 0 Å². The Balaban J connectivity index is 2.15. The maximum Gasteiger partial charge on any atom is 0.303 e. The Labute approximate surface area is 145 Å².